The molecule has 0 aliphatic rings. The molecule has 0 bridgehead atoms. The lowest BCUT2D eigenvalue weighted by Crippen LogP contribution is -2.11. The van der Waals surface area contributed by atoms with Crippen molar-refractivity contribution in [2.45, 2.75) is 0 Å². The second-order valence-corrected chi connectivity index (χ2v) is 5.10. The lowest BCUT2D eigenvalue weighted by atomic mass is 10.2. The summed E-state index contributed by atoms with van der Waals surface area (Å²) in [6.07, 6.45) is 1.72. The molecule has 0 fully saturated rings. The van der Waals surface area contributed by atoms with Gasteiger partial charge < -0.3 is 4.98 Å². The van der Waals surface area contributed by atoms with Crippen molar-refractivity contribution in [3.8, 4) is 6.07 Å². The van der Waals surface area contributed by atoms with Crippen molar-refractivity contribution >= 4 is 33.9 Å². The van der Waals surface area contributed by atoms with Gasteiger partial charge in [0.05, 0.1) is 16.5 Å². The Labute approximate surface area is 118 Å². The Morgan fingerprint density at radius 1 is 1.30 bits per heavy atom. The van der Waals surface area contributed by atoms with E-state index in [2.05, 4.69) is 16.0 Å². The molecular formula is C15H9N3OS. The zero-order chi connectivity index (χ0) is 13.9. The molecule has 0 saturated heterocycles. The van der Waals surface area contributed by atoms with Crippen LogP contribution in [0.25, 0.3) is 22.6 Å². The first-order valence-electron chi connectivity index (χ1n) is 5.92. The third kappa shape index (κ3) is 2.25. The molecule has 1 aromatic carbocycles. The molecule has 0 radical (unpaired) electrons. The number of nitrogens with one attached hydrogen (secondary N) is 1. The van der Waals surface area contributed by atoms with Crippen molar-refractivity contribution in [2.75, 3.05) is 0 Å². The molecule has 1 N–H and O–H groups in total. The fourth-order valence-electron chi connectivity index (χ4n) is 1.88. The number of fused-ring (bicyclic) bond motifs is 1. The Morgan fingerprint density at radius 3 is 2.90 bits per heavy atom. The minimum atomic E-state index is -0.238. The van der Waals surface area contributed by atoms with E-state index in [1.165, 1.54) is 11.3 Å². The average molecular weight is 279 g/mol. The minimum absolute atomic E-state index is 0.238. The number of benzene rings is 1. The normalized spacial score (nSPS) is 11.4. The lowest BCUT2D eigenvalue weighted by molar-refractivity contribution is 1.13. The number of allylic oxidation sites excluding steroid dienone is 1. The van der Waals surface area contributed by atoms with Crippen LogP contribution in [0.4, 0.5) is 0 Å². The van der Waals surface area contributed by atoms with Crippen LogP contribution in [0.5, 0.6) is 0 Å². The van der Waals surface area contributed by atoms with Gasteiger partial charge in [0.2, 0.25) is 0 Å². The fraction of sp³-hybridized carbons (Fsp3) is 0. The molecule has 0 spiro atoms. The van der Waals surface area contributed by atoms with E-state index in [1.54, 1.807) is 24.3 Å². The molecule has 20 heavy (non-hydrogen) atoms. The van der Waals surface area contributed by atoms with Crippen LogP contribution in [0.2, 0.25) is 0 Å². The number of hydrogen-bond acceptors (Lipinski definition) is 4. The van der Waals surface area contributed by atoms with Gasteiger partial charge in [-0.15, -0.1) is 11.3 Å². The Morgan fingerprint density at radius 2 is 2.15 bits per heavy atom. The first kappa shape index (κ1) is 12.3. The topological polar surface area (TPSA) is 69.5 Å². The van der Waals surface area contributed by atoms with Gasteiger partial charge in [-0.2, -0.15) is 5.26 Å². The molecule has 96 valence electrons. The highest BCUT2D eigenvalue weighted by atomic mass is 32.1. The molecule has 0 unspecified atom stereocenters. The molecule has 2 heterocycles. The number of H-pyrrole nitrogens is 1. The van der Waals surface area contributed by atoms with Gasteiger partial charge in [0.15, 0.2) is 5.82 Å². The number of aromatic amines is 1. The number of nitrogens with zero attached hydrogens (tertiary/aromatic N) is 2. The Bertz CT molecular complexity index is 885. The Hall–Kier alpha value is -2.71. The summed E-state index contributed by atoms with van der Waals surface area (Å²) < 4.78 is 0. The molecule has 0 saturated carbocycles. The van der Waals surface area contributed by atoms with Gasteiger partial charge >= 0.3 is 0 Å². The van der Waals surface area contributed by atoms with E-state index in [9.17, 15) is 10.1 Å². The molecular weight excluding hydrogens is 270 g/mol. The van der Waals surface area contributed by atoms with Crippen molar-refractivity contribution < 1.29 is 0 Å². The van der Waals surface area contributed by atoms with Crippen LogP contribution in [0.3, 0.4) is 0 Å². The maximum Gasteiger partial charge on any atom is 0.259 e. The zero-order valence-electron chi connectivity index (χ0n) is 10.3. The lowest BCUT2D eigenvalue weighted by Gasteiger charge is -2.01. The third-order valence-corrected chi connectivity index (χ3v) is 3.64. The van der Waals surface area contributed by atoms with Gasteiger partial charge in [-0.1, -0.05) is 18.2 Å². The molecule has 2 aromatic heterocycles. The predicted molar refractivity (Wildman–Crippen MR) is 80.2 cm³/mol. The third-order valence-electron chi connectivity index (χ3n) is 2.82. The summed E-state index contributed by atoms with van der Waals surface area (Å²) in [5.74, 6) is 0.296. The number of aromatic nitrogens is 2. The van der Waals surface area contributed by atoms with Gasteiger partial charge in [-0.25, -0.2) is 4.98 Å². The van der Waals surface area contributed by atoms with E-state index in [4.69, 9.17) is 0 Å². The van der Waals surface area contributed by atoms with E-state index in [0.29, 0.717) is 22.3 Å². The monoisotopic (exact) mass is 279 g/mol. The van der Waals surface area contributed by atoms with Crippen molar-refractivity contribution in [2.24, 2.45) is 0 Å². The van der Waals surface area contributed by atoms with E-state index < -0.39 is 0 Å². The van der Waals surface area contributed by atoms with Gasteiger partial charge in [0.25, 0.3) is 5.56 Å². The van der Waals surface area contributed by atoms with Crippen molar-refractivity contribution in [3.05, 3.63) is 62.8 Å². The summed E-state index contributed by atoms with van der Waals surface area (Å²) in [5, 5.41) is 11.7. The Kier molecular flexibility index (Phi) is 3.15. The predicted octanol–water partition coefficient (Wildman–Crippen LogP) is 3.05. The summed E-state index contributed by atoms with van der Waals surface area (Å²) in [7, 11) is 0. The average Bonchev–Trinajstić information content (AvgIpc) is 2.97. The second-order valence-electron chi connectivity index (χ2n) is 4.12. The maximum absolute atomic E-state index is 12.0. The van der Waals surface area contributed by atoms with Crippen LogP contribution in [0.1, 0.15) is 10.7 Å². The SMILES string of the molecule is N#CC(=Cc1cccs1)c1nc2ccccc2c(=O)[nH]1. The summed E-state index contributed by atoms with van der Waals surface area (Å²) >= 11 is 1.52. The molecule has 0 atom stereocenters. The fourth-order valence-corrected chi connectivity index (χ4v) is 2.54. The van der Waals surface area contributed by atoms with Crippen molar-refractivity contribution in [1.29, 1.82) is 5.26 Å². The molecule has 0 aliphatic heterocycles. The minimum Gasteiger partial charge on any atom is -0.305 e. The van der Waals surface area contributed by atoms with Crippen LogP contribution in [-0.2, 0) is 0 Å². The summed E-state index contributed by atoms with van der Waals surface area (Å²) in [4.78, 5) is 19.9. The van der Waals surface area contributed by atoms with E-state index in [1.807, 2.05) is 23.6 Å². The highest BCUT2D eigenvalue weighted by Gasteiger charge is 2.08. The molecule has 0 amide bonds. The number of hydrogen-bond donors (Lipinski definition) is 1. The van der Waals surface area contributed by atoms with Gasteiger partial charge in [-0.3, -0.25) is 4.79 Å². The molecule has 4 nitrogen and oxygen atoms in total. The largest absolute Gasteiger partial charge is 0.305 e. The van der Waals surface area contributed by atoms with E-state index in [-0.39, 0.29) is 5.56 Å². The van der Waals surface area contributed by atoms with Gasteiger partial charge in [0.1, 0.15) is 6.07 Å². The quantitative estimate of drug-likeness (QED) is 0.733. The van der Waals surface area contributed by atoms with Crippen LogP contribution in [0.15, 0.2) is 46.6 Å². The first-order valence-corrected chi connectivity index (χ1v) is 6.80. The summed E-state index contributed by atoms with van der Waals surface area (Å²) in [6.45, 7) is 0. The summed E-state index contributed by atoms with van der Waals surface area (Å²) in [5.41, 5.74) is 0.687. The van der Waals surface area contributed by atoms with Crippen LogP contribution < -0.4 is 5.56 Å². The number of rotatable bonds is 2. The molecule has 3 aromatic rings. The molecule has 0 aliphatic carbocycles. The smallest absolute Gasteiger partial charge is 0.259 e. The van der Waals surface area contributed by atoms with Crippen molar-refractivity contribution in [1.82, 2.24) is 9.97 Å². The zero-order valence-corrected chi connectivity index (χ0v) is 11.1. The second kappa shape index (κ2) is 5.11. The highest BCUT2D eigenvalue weighted by molar-refractivity contribution is 7.10. The highest BCUT2D eigenvalue weighted by Crippen LogP contribution is 2.18. The Balaban J connectivity index is 2.19. The van der Waals surface area contributed by atoms with Gasteiger partial charge in [0, 0.05) is 4.88 Å². The van der Waals surface area contributed by atoms with Crippen LogP contribution in [0, 0.1) is 11.3 Å². The summed E-state index contributed by atoms with van der Waals surface area (Å²) in [6, 6.07) is 13.0. The number of para-hydroxylation sites is 1. The maximum atomic E-state index is 12.0. The number of thiophene rings is 1. The van der Waals surface area contributed by atoms with Crippen LogP contribution >= 0.6 is 11.3 Å². The first-order chi connectivity index (χ1) is 9.78. The van der Waals surface area contributed by atoms with Gasteiger partial charge in [-0.05, 0) is 29.7 Å². The van der Waals surface area contributed by atoms with E-state index in [0.717, 1.165) is 4.88 Å². The molecule has 5 heteroatoms. The van der Waals surface area contributed by atoms with Crippen molar-refractivity contribution in [3.63, 3.8) is 0 Å². The number of nitriles is 1. The van der Waals surface area contributed by atoms with Crippen LogP contribution in [-0.4, -0.2) is 9.97 Å². The van der Waals surface area contributed by atoms with E-state index >= 15 is 0 Å². The molecule has 3 rings (SSSR count). The standard InChI is InChI=1S/C15H9N3OS/c16-9-10(8-11-4-3-7-20-11)14-17-13-6-2-1-5-12(13)15(19)18-14/h1-8H,(H,17,18,19).